The van der Waals surface area contributed by atoms with Gasteiger partial charge in [-0.3, -0.25) is 0 Å². The van der Waals surface area contributed by atoms with Crippen LogP contribution in [0.5, 0.6) is 0 Å². The number of para-hydroxylation sites is 1. The molecule has 0 amide bonds. The molecular weight excluding hydrogens is 383 g/mol. The van der Waals surface area contributed by atoms with Crippen molar-refractivity contribution in [3.05, 3.63) is 70.9 Å². The molecule has 27 heavy (non-hydrogen) atoms. The maximum atomic E-state index is 12.8. The fourth-order valence-corrected chi connectivity index (χ4v) is 3.15. The molecule has 144 valence electrons. The second kappa shape index (κ2) is 9.27. The van der Waals surface area contributed by atoms with E-state index >= 15 is 0 Å². The second-order valence-corrected chi connectivity index (χ2v) is 7.12. The highest BCUT2D eigenvalue weighted by atomic mass is 35.5. The Balaban J connectivity index is 0.00000261. The zero-order valence-electron chi connectivity index (χ0n) is 15.7. The SMILES string of the molecule is CN(C)CCC(OC(=O)c1cc2ccccc2n1C)c1ccc(Cl)cc1.Cl. The van der Waals surface area contributed by atoms with Crippen LogP contribution in [0.25, 0.3) is 10.9 Å². The highest BCUT2D eigenvalue weighted by molar-refractivity contribution is 6.30. The fraction of sp³-hybridized carbons (Fsp3) is 0.286. The van der Waals surface area contributed by atoms with E-state index in [0.717, 1.165) is 23.0 Å². The summed E-state index contributed by atoms with van der Waals surface area (Å²) in [6.07, 6.45) is 0.393. The lowest BCUT2D eigenvalue weighted by molar-refractivity contribution is 0.0251. The summed E-state index contributed by atoms with van der Waals surface area (Å²) in [6, 6.07) is 17.3. The molecule has 3 aromatic rings. The molecule has 2 aromatic carbocycles. The molecule has 1 atom stereocenters. The molecule has 0 saturated carbocycles. The highest BCUT2D eigenvalue weighted by Crippen LogP contribution is 2.26. The summed E-state index contributed by atoms with van der Waals surface area (Å²) in [4.78, 5) is 14.9. The Morgan fingerprint density at radius 1 is 1.15 bits per heavy atom. The molecular formula is C21H24Cl2N2O2. The smallest absolute Gasteiger partial charge is 0.355 e. The van der Waals surface area contributed by atoms with E-state index in [-0.39, 0.29) is 24.5 Å². The molecule has 0 radical (unpaired) electrons. The monoisotopic (exact) mass is 406 g/mol. The van der Waals surface area contributed by atoms with E-state index in [9.17, 15) is 4.79 Å². The van der Waals surface area contributed by atoms with Crippen LogP contribution in [0.4, 0.5) is 0 Å². The van der Waals surface area contributed by atoms with Gasteiger partial charge < -0.3 is 14.2 Å². The molecule has 0 aliphatic rings. The number of benzene rings is 2. The molecule has 0 aliphatic carbocycles. The molecule has 6 heteroatoms. The first-order valence-corrected chi connectivity index (χ1v) is 8.99. The predicted molar refractivity (Wildman–Crippen MR) is 113 cm³/mol. The molecule has 0 saturated heterocycles. The number of carbonyl (C=O) groups excluding carboxylic acids is 1. The normalized spacial score (nSPS) is 12.0. The first-order valence-electron chi connectivity index (χ1n) is 8.61. The van der Waals surface area contributed by atoms with E-state index in [0.29, 0.717) is 17.1 Å². The highest BCUT2D eigenvalue weighted by Gasteiger charge is 2.21. The van der Waals surface area contributed by atoms with Crippen molar-refractivity contribution in [2.24, 2.45) is 7.05 Å². The van der Waals surface area contributed by atoms with Gasteiger partial charge in [0.2, 0.25) is 0 Å². The summed E-state index contributed by atoms with van der Waals surface area (Å²) in [5, 5.41) is 1.69. The van der Waals surface area contributed by atoms with Crippen LogP contribution in [0, 0.1) is 0 Å². The van der Waals surface area contributed by atoms with Crippen LogP contribution in [-0.2, 0) is 11.8 Å². The van der Waals surface area contributed by atoms with Crippen molar-refractivity contribution in [3.63, 3.8) is 0 Å². The second-order valence-electron chi connectivity index (χ2n) is 6.68. The Morgan fingerprint density at radius 2 is 1.81 bits per heavy atom. The van der Waals surface area contributed by atoms with Crippen LogP contribution in [0.15, 0.2) is 54.6 Å². The van der Waals surface area contributed by atoms with E-state index in [4.69, 9.17) is 16.3 Å². The van der Waals surface area contributed by atoms with E-state index in [1.54, 1.807) is 0 Å². The molecule has 0 spiro atoms. The minimum atomic E-state index is -0.319. The van der Waals surface area contributed by atoms with Crippen LogP contribution in [-0.4, -0.2) is 36.1 Å². The van der Waals surface area contributed by atoms with Gasteiger partial charge in [0.05, 0.1) is 0 Å². The van der Waals surface area contributed by atoms with Gasteiger partial charge in [-0.1, -0.05) is 41.9 Å². The molecule has 0 N–H and O–H groups in total. The number of esters is 1. The van der Waals surface area contributed by atoms with Gasteiger partial charge in [-0.05, 0) is 43.9 Å². The number of carbonyl (C=O) groups is 1. The van der Waals surface area contributed by atoms with Crippen molar-refractivity contribution < 1.29 is 9.53 Å². The average Bonchev–Trinajstić information content (AvgIpc) is 2.96. The van der Waals surface area contributed by atoms with Gasteiger partial charge >= 0.3 is 5.97 Å². The number of ether oxygens (including phenoxy) is 1. The van der Waals surface area contributed by atoms with E-state index < -0.39 is 0 Å². The number of aromatic nitrogens is 1. The molecule has 0 fully saturated rings. The van der Waals surface area contributed by atoms with Gasteiger partial charge in [-0.2, -0.15) is 0 Å². The largest absolute Gasteiger partial charge is 0.453 e. The third-order valence-electron chi connectivity index (χ3n) is 4.49. The third kappa shape index (κ3) is 5.04. The first kappa shape index (κ1) is 21.3. The Labute approximate surface area is 171 Å². The zero-order chi connectivity index (χ0) is 18.7. The van der Waals surface area contributed by atoms with Crippen molar-refractivity contribution in [3.8, 4) is 0 Å². The summed E-state index contributed by atoms with van der Waals surface area (Å²) in [7, 11) is 5.89. The van der Waals surface area contributed by atoms with Crippen molar-refractivity contribution in [1.82, 2.24) is 9.47 Å². The van der Waals surface area contributed by atoms with Crippen molar-refractivity contribution in [1.29, 1.82) is 0 Å². The topological polar surface area (TPSA) is 34.5 Å². The molecule has 1 unspecified atom stereocenters. The lowest BCUT2D eigenvalue weighted by Gasteiger charge is -2.20. The number of hydrogen-bond acceptors (Lipinski definition) is 3. The third-order valence-corrected chi connectivity index (χ3v) is 4.74. The van der Waals surface area contributed by atoms with Gasteiger partial charge in [0, 0.05) is 35.9 Å². The molecule has 0 bridgehead atoms. The maximum absolute atomic E-state index is 12.8. The number of rotatable bonds is 6. The minimum Gasteiger partial charge on any atom is -0.453 e. The number of hydrogen-bond donors (Lipinski definition) is 0. The average molecular weight is 407 g/mol. The number of aryl methyl sites for hydroxylation is 1. The zero-order valence-corrected chi connectivity index (χ0v) is 17.3. The number of fused-ring (bicyclic) bond motifs is 1. The summed E-state index contributed by atoms with van der Waals surface area (Å²) < 4.78 is 7.77. The van der Waals surface area contributed by atoms with Crippen molar-refractivity contribution in [2.45, 2.75) is 12.5 Å². The van der Waals surface area contributed by atoms with Crippen LogP contribution >= 0.6 is 24.0 Å². The van der Waals surface area contributed by atoms with E-state index in [2.05, 4.69) is 4.90 Å². The predicted octanol–water partition coefficient (Wildman–Crippen LogP) is 5.10. The minimum absolute atomic E-state index is 0. The van der Waals surface area contributed by atoms with Gasteiger partial charge in [0.15, 0.2) is 0 Å². The fourth-order valence-electron chi connectivity index (χ4n) is 3.02. The van der Waals surface area contributed by atoms with Crippen molar-refractivity contribution in [2.75, 3.05) is 20.6 Å². The summed E-state index contributed by atoms with van der Waals surface area (Å²) in [5.41, 5.74) is 2.51. The number of nitrogens with zero attached hydrogens (tertiary/aromatic N) is 2. The Hall–Kier alpha value is -2.01. The van der Waals surface area contributed by atoms with Gasteiger partial charge in [0.1, 0.15) is 11.8 Å². The quantitative estimate of drug-likeness (QED) is 0.533. The molecule has 3 rings (SSSR count). The standard InChI is InChI=1S/C21H23ClN2O2.ClH/c1-23(2)13-12-20(15-8-10-17(22)11-9-15)26-21(25)19-14-16-6-4-5-7-18(16)24(19)3;/h4-11,14,20H,12-13H2,1-3H3;1H. The van der Waals surface area contributed by atoms with Crippen LogP contribution in [0.1, 0.15) is 28.6 Å². The summed E-state index contributed by atoms with van der Waals surface area (Å²) >= 11 is 5.99. The van der Waals surface area contributed by atoms with Crippen LogP contribution in [0.3, 0.4) is 0 Å². The van der Waals surface area contributed by atoms with E-state index in [1.807, 2.05) is 80.3 Å². The molecule has 4 nitrogen and oxygen atoms in total. The maximum Gasteiger partial charge on any atom is 0.355 e. The van der Waals surface area contributed by atoms with Crippen LogP contribution in [0.2, 0.25) is 5.02 Å². The lowest BCUT2D eigenvalue weighted by Crippen LogP contribution is -2.20. The van der Waals surface area contributed by atoms with Gasteiger partial charge in [0.25, 0.3) is 0 Å². The Kier molecular flexibility index (Phi) is 7.31. The molecule has 1 heterocycles. The first-order chi connectivity index (χ1) is 12.5. The van der Waals surface area contributed by atoms with Gasteiger partial charge in [-0.25, -0.2) is 4.79 Å². The molecule has 0 aliphatic heterocycles. The van der Waals surface area contributed by atoms with Gasteiger partial charge in [-0.15, -0.1) is 12.4 Å². The summed E-state index contributed by atoms with van der Waals surface area (Å²) in [5.74, 6) is -0.317. The summed E-state index contributed by atoms with van der Waals surface area (Å²) in [6.45, 7) is 0.815. The Bertz CT molecular complexity index is 904. The van der Waals surface area contributed by atoms with Crippen molar-refractivity contribution >= 4 is 40.9 Å². The lowest BCUT2D eigenvalue weighted by atomic mass is 10.1. The Morgan fingerprint density at radius 3 is 2.44 bits per heavy atom. The van der Waals surface area contributed by atoms with E-state index in [1.165, 1.54) is 0 Å². The van der Waals surface area contributed by atoms with Crippen LogP contribution < -0.4 is 0 Å². The number of halogens is 2. The molecule has 1 aromatic heterocycles.